The third kappa shape index (κ3) is 4.57. The van der Waals surface area contributed by atoms with Crippen molar-refractivity contribution in [1.82, 2.24) is 5.32 Å². The van der Waals surface area contributed by atoms with Crippen molar-refractivity contribution in [2.75, 3.05) is 18.1 Å². The van der Waals surface area contributed by atoms with Gasteiger partial charge in [-0.25, -0.2) is 0 Å². The van der Waals surface area contributed by atoms with Crippen LogP contribution in [-0.2, 0) is 4.79 Å². The number of thioether (sulfide) groups is 1. The van der Waals surface area contributed by atoms with E-state index in [9.17, 15) is 4.79 Å². The Morgan fingerprint density at radius 1 is 1.31 bits per heavy atom. The summed E-state index contributed by atoms with van der Waals surface area (Å²) in [5, 5.41) is 5.91. The average Bonchev–Trinajstić information content (AvgIpc) is 2.26. The van der Waals surface area contributed by atoms with Crippen LogP contribution in [0, 0.1) is 0 Å². The Balaban J connectivity index is 2.39. The number of rotatable bonds is 5. The summed E-state index contributed by atoms with van der Waals surface area (Å²) in [5.74, 6) is 0.0175. The molecule has 4 heteroatoms. The molecule has 0 spiro atoms. The van der Waals surface area contributed by atoms with Crippen molar-refractivity contribution < 1.29 is 4.79 Å². The standard InChI is InChI=1S/C12H18N2OS/c1-9(2)14-12(15)8-13-10-4-6-11(16-3)7-5-10/h4-7,9,13H,8H2,1-3H3,(H,14,15). The van der Waals surface area contributed by atoms with E-state index < -0.39 is 0 Å². The Labute approximate surface area is 101 Å². The molecule has 0 aliphatic rings. The van der Waals surface area contributed by atoms with Crippen LogP contribution in [0.15, 0.2) is 29.2 Å². The number of benzene rings is 1. The van der Waals surface area contributed by atoms with E-state index in [-0.39, 0.29) is 11.9 Å². The number of anilines is 1. The molecule has 1 amide bonds. The van der Waals surface area contributed by atoms with Gasteiger partial charge in [0.1, 0.15) is 0 Å². The zero-order valence-electron chi connectivity index (χ0n) is 9.91. The van der Waals surface area contributed by atoms with Gasteiger partial charge in [0, 0.05) is 16.6 Å². The lowest BCUT2D eigenvalue weighted by Gasteiger charge is -2.10. The van der Waals surface area contributed by atoms with Crippen LogP contribution in [0.2, 0.25) is 0 Å². The fourth-order valence-corrected chi connectivity index (χ4v) is 1.67. The second-order valence-corrected chi connectivity index (χ2v) is 4.68. The molecular weight excluding hydrogens is 220 g/mol. The second-order valence-electron chi connectivity index (χ2n) is 3.80. The molecule has 0 heterocycles. The Hall–Kier alpha value is -1.16. The first-order valence-corrected chi connectivity index (χ1v) is 6.51. The topological polar surface area (TPSA) is 41.1 Å². The van der Waals surface area contributed by atoms with Crippen molar-refractivity contribution in [2.45, 2.75) is 24.8 Å². The fraction of sp³-hybridized carbons (Fsp3) is 0.417. The minimum Gasteiger partial charge on any atom is -0.376 e. The van der Waals surface area contributed by atoms with Crippen molar-refractivity contribution in [3.8, 4) is 0 Å². The molecule has 88 valence electrons. The molecule has 0 radical (unpaired) electrons. The smallest absolute Gasteiger partial charge is 0.239 e. The third-order valence-corrected chi connectivity index (χ3v) is 2.74. The van der Waals surface area contributed by atoms with Crippen LogP contribution in [0.25, 0.3) is 0 Å². The maximum Gasteiger partial charge on any atom is 0.239 e. The Morgan fingerprint density at radius 3 is 2.44 bits per heavy atom. The molecule has 16 heavy (non-hydrogen) atoms. The molecule has 0 aromatic heterocycles. The number of amides is 1. The lowest BCUT2D eigenvalue weighted by atomic mass is 10.3. The summed E-state index contributed by atoms with van der Waals surface area (Å²) in [5.41, 5.74) is 0.969. The zero-order chi connectivity index (χ0) is 12.0. The fourth-order valence-electron chi connectivity index (χ4n) is 1.26. The number of carbonyl (C=O) groups is 1. The minimum absolute atomic E-state index is 0.0175. The van der Waals surface area contributed by atoms with Crippen LogP contribution < -0.4 is 10.6 Å². The quantitative estimate of drug-likeness (QED) is 0.774. The summed E-state index contributed by atoms with van der Waals surface area (Å²) in [6, 6.07) is 8.22. The molecule has 0 saturated carbocycles. The Bertz CT molecular complexity index is 335. The molecule has 0 unspecified atom stereocenters. The first kappa shape index (κ1) is 12.9. The summed E-state index contributed by atoms with van der Waals surface area (Å²) in [6.45, 7) is 4.22. The molecule has 0 aliphatic carbocycles. The van der Waals surface area contributed by atoms with Gasteiger partial charge in [0.2, 0.25) is 5.91 Å². The maximum atomic E-state index is 11.4. The van der Waals surface area contributed by atoms with E-state index in [4.69, 9.17) is 0 Å². The van der Waals surface area contributed by atoms with Crippen LogP contribution in [0.5, 0.6) is 0 Å². The largest absolute Gasteiger partial charge is 0.376 e. The number of hydrogen-bond donors (Lipinski definition) is 2. The van der Waals surface area contributed by atoms with Gasteiger partial charge in [0.25, 0.3) is 0 Å². The Morgan fingerprint density at radius 2 is 1.94 bits per heavy atom. The first-order valence-electron chi connectivity index (χ1n) is 5.29. The third-order valence-electron chi connectivity index (χ3n) is 1.99. The highest BCUT2D eigenvalue weighted by molar-refractivity contribution is 7.98. The lowest BCUT2D eigenvalue weighted by Crippen LogP contribution is -2.34. The molecule has 1 aromatic carbocycles. The van der Waals surface area contributed by atoms with E-state index >= 15 is 0 Å². The van der Waals surface area contributed by atoms with E-state index in [1.807, 2.05) is 44.4 Å². The number of nitrogens with one attached hydrogen (secondary N) is 2. The van der Waals surface area contributed by atoms with Gasteiger partial charge < -0.3 is 10.6 Å². The van der Waals surface area contributed by atoms with Crippen LogP contribution >= 0.6 is 11.8 Å². The number of carbonyl (C=O) groups excluding carboxylic acids is 1. The van der Waals surface area contributed by atoms with Gasteiger partial charge >= 0.3 is 0 Å². The molecule has 3 nitrogen and oxygen atoms in total. The van der Waals surface area contributed by atoms with Crippen molar-refractivity contribution in [3.63, 3.8) is 0 Å². The van der Waals surface area contributed by atoms with Crippen molar-refractivity contribution in [3.05, 3.63) is 24.3 Å². The molecule has 0 atom stereocenters. The van der Waals surface area contributed by atoms with Gasteiger partial charge in [-0.1, -0.05) is 0 Å². The summed E-state index contributed by atoms with van der Waals surface area (Å²) in [4.78, 5) is 12.6. The molecule has 1 rings (SSSR count). The van der Waals surface area contributed by atoms with Crippen LogP contribution in [0.4, 0.5) is 5.69 Å². The van der Waals surface area contributed by atoms with Crippen LogP contribution in [0.1, 0.15) is 13.8 Å². The first-order chi connectivity index (χ1) is 7.61. The zero-order valence-corrected chi connectivity index (χ0v) is 10.7. The highest BCUT2D eigenvalue weighted by atomic mass is 32.2. The second kappa shape index (κ2) is 6.43. The highest BCUT2D eigenvalue weighted by Gasteiger charge is 2.02. The van der Waals surface area contributed by atoms with E-state index in [1.54, 1.807) is 11.8 Å². The normalized spacial score (nSPS) is 10.2. The monoisotopic (exact) mass is 238 g/mol. The molecule has 0 bridgehead atoms. The average molecular weight is 238 g/mol. The molecule has 0 saturated heterocycles. The summed E-state index contributed by atoms with van der Waals surface area (Å²) >= 11 is 1.70. The van der Waals surface area contributed by atoms with E-state index in [0.29, 0.717) is 6.54 Å². The lowest BCUT2D eigenvalue weighted by molar-refractivity contribution is -0.119. The molecule has 0 fully saturated rings. The van der Waals surface area contributed by atoms with Crippen LogP contribution in [-0.4, -0.2) is 24.7 Å². The molecule has 1 aromatic rings. The van der Waals surface area contributed by atoms with Gasteiger partial charge in [0.05, 0.1) is 6.54 Å². The summed E-state index contributed by atoms with van der Waals surface area (Å²) < 4.78 is 0. The SMILES string of the molecule is CSc1ccc(NCC(=O)NC(C)C)cc1. The molecule has 2 N–H and O–H groups in total. The molecule has 0 aliphatic heterocycles. The summed E-state index contributed by atoms with van der Waals surface area (Å²) in [7, 11) is 0. The van der Waals surface area contributed by atoms with Gasteiger partial charge in [-0.15, -0.1) is 11.8 Å². The molecular formula is C12H18N2OS. The Kier molecular flexibility index (Phi) is 5.19. The van der Waals surface area contributed by atoms with Gasteiger partial charge in [-0.05, 0) is 44.4 Å². The van der Waals surface area contributed by atoms with Crippen LogP contribution in [0.3, 0.4) is 0 Å². The number of hydrogen-bond acceptors (Lipinski definition) is 3. The predicted molar refractivity (Wildman–Crippen MR) is 70.0 cm³/mol. The van der Waals surface area contributed by atoms with Gasteiger partial charge in [0.15, 0.2) is 0 Å². The highest BCUT2D eigenvalue weighted by Crippen LogP contribution is 2.17. The maximum absolute atomic E-state index is 11.4. The van der Waals surface area contributed by atoms with Gasteiger partial charge in [-0.2, -0.15) is 0 Å². The summed E-state index contributed by atoms with van der Waals surface area (Å²) in [6.07, 6.45) is 2.04. The predicted octanol–water partition coefficient (Wildman–Crippen LogP) is 2.35. The van der Waals surface area contributed by atoms with Gasteiger partial charge in [-0.3, -0.25) is 4.79 Å². The van der Waals surface area contributed by atoms with Crippen molar-refractivity contribution >= 4 is 23.4 Å². The van der Waals surface area contributed by atoms with Crippen molar-refractivity contribution in [1.29, 1.82) is 0 Å². The van der Waals surface area contributed by atoms with E-state index in [2.05, 4.69) is 10.6 Å². The minimum atomic E-state index is 0.0175. The van der Waals surface area contributed by atoms with Crippen molar-refractivity contribution in [2.24, 2.45) is 0 Å². The van der Waals surface area contributed by atoms with E-state index in [0.717, 1.165) is 5.69 Å². The van der Waals surface area contributed by atoms with E-state index in [1.165, 1.54) is 4.90 Å².